The number of nitrogens with one attached hydrogen (secondary N) is 1. The third kappa shape index (κ3) is 3.60. The Bertz CT molecular complexity index is 714. The van der Waals surface area contributed by atoms with Gasteiger partial charge < -0.3 is 15.0 Å². The van der Waals surface area contributed by atoms with Gasteiger partial charge in [-0.3, -0.25) is 4.79 Å². The van der Waals surface area contributed by atoms with E-state index in [9.17, 15) is 4.79 Å². The van der Waals surface area contributed by atoms with Crippen LogP contribution in [0.3, 0.4) is 0 Å². The van der Waals surface area contributed by atoms with Crippen LogP contribution in [0.5, 0.6) is 5.75 Å². The van der Waals surface area contributed by atoms with E-state index >= 15 is 0 Å². The van der Waals surface area contributed by atoms with Gasteiger partial charge in [0.25, 0.3) is 0 Å². The lowest BCUT2D eigenvalue weighted by Crippen LogP contribution is -2.24. The minimum atomic E-state index is 0.188. The molecule has 1 fully saturated rings. The average molecular weight is 324 g/mol. The van der Waals surface area contributed by atoms with Gasteiger partial charge in [0.15, 0.2) is 0 Å². The van der Waals surface area contributed by atoms with Crippen molar-refractivity contribution in [1.29, 1.82) is 0 Å². The van der Waals surface area contributed by atoms with E-state index < -0.39 is 0 Å². The summed E-state index contributed by atoms with van der Waals surface area (Å²) < 4.78 is 5.40. The summed E-state index contributed by atoms with van der Waals surface area (Å²) in [6.45, 7) is 3.70. The molecule has 0 spiro atoms. The van der Waals surface area contributed by atoms with E-state index in [1.54, 1.807) is 7.11 Å². The molecule has 0 aliphatic carbocycles. The quantitative estimate of drug-likeness (QED) is 0.881. The molecular weight excluding hydrogens is 300 g/mol. The lowest BCUT2D eigenvalue weighted by atomic mass is 10.1. The minimum absolute atomic E-state index is 0.188. The van der Waals surface area contributed by atoms with Crippen LogP contribution in [-0.2, 0) is 11.3 Å². The van der Waals surface area contributed by atoms with Crippen molar-refractivity contribution in [2.24, 2.45) is 0 Å². The van der Waals surface area contributed by atoms with Crippen LogP contribution in [-0.4, -0.2) is 19.6 Å². The predicted octanol–water partition coefficient (Wildman–Crippen LogP) is 3.67. The lowest BCUT2D eigenvalue weighted by Gasteiger charge is -2.20. The van der Waals surface area contributed by atoms with Crippen LogP contribution in [0, 0.1) is 0 Å². The van der Waals surface area contributed by atoms with Crippen molar-refractivity contribution >= 4 is 11.6 Å². The number of amides is 1. The fourth-order valence-corrected chi connectivity index (χ4v) is 3.11. The fourth-order valence-electron chi connectivity index (χ4n) is 3.11. The molecular formula is C20H24N2O2. The molecule has 0 bridgehead atoms. The van der Waals surface area contributed by atoms with E-state index in [4.69, 9.17) is 4.74 Å². The Morgan fingerprint density at radius 1 is 1.21 bits per heavy atom. The van der Waals surface area contributed by atoms with Crippen molar-refractivity contribution in [1.82, 2.24) is 5.32 Å². The molecule has 126 valence electrons. The zero-order valence-electron chi connectivity index (χ0n) is 14.3. The highest BCUT2D eigenvalue weighted by Crippen LogP contribution is 2.25. The third-order valence-corrected chi connectivity index (χ3v) is 4.55. The fraction of sp³-hybridized carbons (Fsp3) is 0.350. The van der Waals surface area contributed by atoms with Gasteiger partial charge in [0.05, 0.1) is 7.11 Å². The van der Waals surface area contributed by atoms with E-state index in [1.807, 2.05) is 35.2 Å². The number of rotatable bonds is 6. The van der Waals surface area contributed by atoms with Crippen molar-refractivity contribution in [3.05, 3.63) is 59.7 Å². The molecule has 4 heteroatoms. The molecule has 0 saturated carbocycles. The van der Waals surface area contributed by atoms with E-state index in [-0.39, 0.29) is 11.9 Å². The van der Waals surface area contributed by atoms with Crippen molar-refractivity contribution < 1.29 is 9.53 Å². The Balaban J connectivity index is 1.69. The van der Waals surface area contributed by atoms with Crippen LogP contribution < -0.4 is 15.0 Å². The molecule has 24 heavy (non-hydrogen) atoms. The molecule has 4 nitrogen and oxygen atoms in total. The van der Waals surface area contributed by atoms with Gasteiger partial charge in [-0.2, -0.15) is 0 Å². The lowest BCUT2D eigenvalue weighted by molar-refractivity contribution is -0.117. The number of anilines is 1. The van der Waals surface area contributed by atoms with Crippen molar-refractivity contribution in [3.8, 4) is 5.75 Å². The first-order valence-corrected chi connectivity index (χ1v) is 8.44. The van der Waals surface area contributed by atoms with Crippen LogP contribution in [0.1, 0.15) is 36.9 Å². The van der Waals surface area contributed by atoms with Gasteiger partial charge in [-0.25, -0.2) is 0 Å². The molecule has 1 atom stereocenters. The summed E-state index contributed by atoms with van der Waals surface area (Å²) >= 11 is 0. The highest BCUT2D eigenvalue weighted by Gasteiger charge is 2.22. The summed E-state index contributed by atoms with van der Waals surface area (Å²) in [5, 5.41) is 3.54. The van der Waals surface area contributed by atoms with Gasteiger partial charge in [0.1, 0.15) is 5.75 Å². The van der Waals surface area contributed by atoms with E-state index in [0.29, 0.717) is 6.42 Å². The standard InChI is InChI=1S/C20H24N2O2/c1-15(21-14-17-7-3-4-10-19(17)24-2)16-8-5-9-18(13-16)22-12-6-11-20(22)23/h3-5,7-10,13,15,21H,6,11-12,14H2,1-2H3/t15-/m0/s1. The molecule has 2 aromatic carbocycles. The maximum absolute atomic E-state index is 11.9. The number of benzene rings is 2. The van der Waals surface area contributed by atoms with E-state index in [1.165, 1.54) is 5.56 Å². The van der Waals surface area contributed by atoms with Crippen molar-refractivity contribution in [3.63, 3.8) is 0 Å². The summed E-state index contributed by atoms with van der Waals surface area (Å²) in [5.74, 6) is 1.12. The number of hydrogen-bond acceptors (Lipinski definition) is 3. The maximum atomic E-state index is 11.9. The second-order valence-corrected chi connectivity index (χ2v) is 6.16. The first-order chi connectivity index (χ1) is 11.7. The highest BCUT2D eigenvalue weighted by molar-refractivity contribution is 5.95. The largest absolute Gasteiger partial charge is 0.496 e. The molecule has 1 amide bonds. The zero-order valence-corrected chi connectivity index (χ0v) is 14.3. The Kier molecular flexibility index (Phi) is 5.16. The van der Waals surface area contributed by atoms with Crippen LogP contribution in [0.15, 0.2) is 48.5 Å². The van der Waals surface area contributed by atoms with Gasteiger partial charge in [0, 0.05) is 36.8 Å². The summed E-state index contributed by atoms with van der Waals surface area (Å²) in [4.78, 5) is 13.8. The average Bonchev–Trinajstić information content (AvgIpc) is 3.06. The van der Waals surface area contributed by atoms with Crippen LogP contribution in [0.4, 0.5) is 5.69 Å². The van der Waals surface area contributed by atoms with Crippen LogP contribution in [0.25, 0.3) is 0 Å². The Morgan fingerprint density at radius 3 is 2.79 bits per heavy atom. The Hall–Kier alpha value is -2.33. The number of carbonyl (C=O) groups is 1. The van der Waals surface area contributed by atoms with Crippen molar-refractivity contribution in [2.45, 2.75) is 32.4 Å². The maximum Gasteiger partial charge on any atom is 0.227 e. The van der Waals surface area contributed by atoms with Gasteiger partial charge in [0.2, 0.25) is 5.91 Å². The second kappa shape index (κ2) is 7.49. The third-order valence-electron chi connectivity index (χ3n) is 4.55. The number of ether oxygens (including phenoxy) is 1. The summed E-state index contributed by atoms with van der Waals surface area (Å²) in [5.41, 5.74) is 3.32. The van der Waals surface area contributed by atoms with Gasteiger partial charge in [-0.1, -0.05) is 30.3 Å². The normalized spacial score (nSPS) is 15.6. The highest BCUT2D eigenvalue weighted by atomic mass is 16.5. The Labute approximate surface area is 143 Å². The molecule has 0 unspecified atom stereocenters. The van der Waals surface area contributed by atoms with E-state index in [0.717, 1.165) is 36.5 Å². The number of hydrogen-bond donors (Lipinski definition) is 1. The van der Waals surface area contributed by atoms with E-state index in [2.05, 4.69) is 30.4 Å². The zero-order chi connectivity index (χ0) is 16.9. The first-order valence-electron chi connectivity index (χ1n) is 8.44. The number of nitrogens with zero attached hydrogens (tertiary/aromatic N) is 1. The first kappa shape index (κ1) is 16.5. The number of methoxy groups -OCH3 is 1. The van der Waals surface area contributed by atoms with Gasteiger partial charge >= 0.3 is 0 Å². The molecule has 1 saturated heterocycles. The summed E-state index contributed by atoms with van der Waals surface area (Å²) in [6, 6.07) is 16.5. The molecule has 0 aromatic heterocycles. The minimum Gasteiger partial charge on any atom is -0.496 e. The Morgan fingerprint density at radius 2 is 2.04 bits per heavy atom. The molecule has 3 rings (SSSR count). The molecule has 2 aromatic rings. The summed E-state index contributed by atoms with van der Waals surface area (Å²) in [6.07, 6.45) is 1.61. The monoisotopic (exact) mass is 324 g/mol. The number of para-hydroxylation sites is 1. The van der Waals surface area contributed by atoms with Crippen LogP contribution in [0.2, 0.25) is 0 Å². The van der Waals surface area contributed by atoms with Crippen LogP contribution >= 0.6 is 0 Å². The number of carbonyl (C=O) groups excluding carboxylic acids is 1. The smallest absolute Gasteiger partial charge is 0.227 e. The second-order valence-electron chi connectivity index (χ2n) is 6.16. The molecule has 1 heterocycles. The molecule has 1 N–H and O–H groups in total. The summed E-state index contributed by atoms with van der Waals surface area (Å²) in [7, 11) is 1.69. The van der Waals surface area contributed by atoms with Gasteiger partial charge in [-0.05, 0) is 37.1 Å². The molecule has 1 aliphatic heterocycles. The van der Waals surface area contributed by atoms with Crippen molar-refractivity contribution in [2.75, 3.05) is 18.6 Å². The molecule has 1 aliphatic rings. The topological polar surface area (TPSA) is 41.6 Å². The SMILES string of the molecule is COc1ccccc1CN[C@@H](C)c1cccc(N2CCCC2=O)c1. The predicted molar refractivity (Wildman–Crippen MR) is 96.3 cm³/mol. The molecule has 0 radical (unpaired) electrons. The van der Waals surface area contributed by atoms with Gasteiger partial charge in [-0.15, -0.1) is 0 Å².